The van der Waals surface area contributed by atoms with E-state index in [0.717, 1.165) is 16.7 Å². The second kappa shape index (κ2) is 12.5. The molecule has 1 aliphatic rings. The van der Waals surface area contributed by atoms with E-state index >= 15 is 0 Å². The maximum atomic E-state index is 13.2. The molecule has 11 heteroatoms. The van der Waals surface area contributed by atoms with Crippen LogP contribution in [0.4, 0.5) is 0 Å². The molecule has 33 heavy (non-hydrogen) atoms. The smallest absolute Gasteiger partial charge is 0.328 e. The molecule has 0 fully saturated rings. The summed E-state index contributed by atoms with van der Waals surface area (Å²) in [5.74, 6) is -2.38. The number of carbonyl (C=O) groups excluding carboxylic acids is 5. The van der Waals surface area contributed by atoms with E-state index in [4.69, 9.17) is 14.2 Å². The minimum atomic E-state index is -1.21. The average molecular weight is 481 g/mol. The fourth-order valence-electron chi connectivity index (χ4n) is 3.48. The first-order valence-corrected chi connectivity index (χ1v) is 11.3. The number of nitrogens with zero attached hydrogens (tertiary/aromatic N) is 1. The van der Waals surface area contributed by atoms with Gasteiger partial charge in [0.05, 0.1) is 18.2 Å². The first-order valence-electron chi connectivity index (χ1n) is 10.3. The zero-order chi connectivity index (χ0) is 24.5. The molecule has 1 heterocycles. The van der Waals surface area contributed by atoms with Crippen LogP contribution in [-0.4, -0.2) is 79.2 Å². The molecule has 2 rings (SSSR count). The van der Waals surface area contributed by atoms with Crippen molar-refractivity contribution in [1.29, 1.82) is 0 Å². The lowest BCUT2D eigenvalue weighted by atomic mass is 10.1. The van der Waals surface area contributed by atoms with Gasteiger partial charge >= 0.3 is 5.97 Å². The van der Waals surface area contributed by atoms with Crippen LogP contribution in [0.15, 0.2) is 24.3 Å². The van der Waals surface area contributed by atoms with Gasteiger partial charge in [-0.1, -0.05) is 23.9 Å². The Balaban J connectivity index is 2.25. The third-order valence-corrected chi connectivity index (χ3v) is 6.00. The molecule has 180 valence electrons. The summed E-state index contributed by atoms with van der Waals surface area (Å²) >= 11 is 0.979. The number of hydrogen-bond donors (Lipinski definition) is 1. The van der Waals surface area contributed by atoms with Gasteiger partial charge in [0.2, 0.25) is 5.91 Å². The van der Waals surface area contributed by atoms with Crippen molar-refractivity contribution in [3.05, 3.63) is 35.4 Å². The van der Waals surface area contributed by atoms with Crippen LogP contribution < -0.4 is 5.32 Å². The Bertz CT molecular complexity index is 867. The molecule has 0 saturated heterocycles. The van der Waals surface area contributed by atoms with Gasteiger partial charge < -0.3 is 19.5 Å². The highest BCUT2D eigenvalue weighted by Crippen LogP contribution is 2.26. The molecule has 0 saturated carbocycles. The van der Waals surface area contributed by atoms with Crippen molar-refractivity contribution in [3.8, 4) is 0 Å². The summed E-state index contributed by atoms with van der Waals surface area (Å²) in [4.78, 5) is 63.7. The van der Waals surface area contributed by atoms with Crippen LogP contribution in [0.25, 0.3) is 0 Å². The lowest BCUT2D eigenvalue weighted by Crippen LogP contribution is -2.53. The lowest BCUT2D eigenvalue weighted by Gasteiger charge is -2.27. The van der Waals surface area contributed by atoms with Crippen molar-refractivity contribution < 1.29 is 38.2 Å². The number of rotatable bonds is 12. The number of benzene rings is 1. The SMILES string of the molecule is COC(=O)C(CCC(OC)OC)NC(=O)C(CCSC(C)=O)N1C(=O)c2ccccc2C1=O. The molecule has 1 aromatic rings. The van der Waals surface area contributed by atoms with E-state index < -0.39 is 42.1 Å². The van der Waals surface area contributed by atoms with Gasteiger partial charge in [-0.2, -0.15) is 0 Å². The summed E-state index contributed by atoms with van der Waals surface area (Å²) in [5.41, 5.74) is 0.402. The molecule has 10 nitrogen and oxygen atoms in total. The molecular formula is C22H28N2O8S. The van der Waals surface area contributed by atoms with E-state index in [1.165, 1.54) is 40.4 Å². The van der Waals surface area contributed by atoms with Crippen molar-refractivity contribution in [2.24, 2.45) is 0 Å². The number of carbonyl (C=O) groups is 5. The van der Waals surface area contributed by atoms with Crippen LogP contribution in [0.3, 0.4) is 0 Å². The van der Waals surface area contributed by atoms with Crippen molar-refractivity contribution in [2.45, 2.75) is 44.6 Å². The fraction of sp³-hybridized carbons (Fsp3) is 0.500. The highest BCUT2D eigenvalue weighted by molar-refractivity contribution is 8.13. The first kappa shape index (κ1) is 26.5. The largest absolute Gasteiger partial charge is 0.467 e. The molecule has 0 aromatic heterocycles. The Labute approximate surface area is 196 Å². The van der Waals surface area contributed by atoms with Gasteiger partial charge in [-0.15, -0.1) is 0 Å². The summed E-state index contributed by atoms with van der Waals surface area (Å²) in [6.45, 7) is 1.39. The van der Waals surface area contributed by atoms with Crippen molar-refractivity contribution in [3.63, 3.8) is 0 Å². The average Bonchev–Trinajstić information content (AvgIpc) is 3.06. The summed E-state index contributed by atoms with van der Waals surface area (Å²) in [5, 5.41) is 2.43. The van der Waals surface area contributed by atoms with E-state index in [-0.39, 0.29) is 41.3 Å². The van der Waals surface area contributed by atoms with Gasteiger partial charge in [0.15, 0.2) is 11.4 Å². The minimum Gasteiger partial charge on any atom is -0.467 e. The standard InChI is InChI=1S/C22H28N2O8S/c1-13(25)33-12-11-17(24-20(27)14-7-5-6-8-15(14)21(24)28)19(26)23-16(22(29)32-4)9-10-18(30-2)31-3/h5-8,16-18H,9-12H2,1-4H3,(H,23,26). The maximum absolute atomic E-state index is 13.2. The number of methoxy groups -OCH3 is 3. The zero-order valence-electron chi connectivity index (χ0n) is 19.0. The highest BCUT2D eigenvalue weighted by atomic mass is 32.2. The minimum absolute atomic E-state index is 0.0359. The Morgan fingerprint density at radius 2 is 1.55 bits per heavy atom. The van der Waals surface area contributed by atoms with Crippen LogP contribution in [0.2, 0.25) is 0 Å². The molecule has 0 radical (unpaired) electrons. The number of esters is 1. The number of hydrogen-bond acceptors (Lipinski definition) is 9. The van der Waals surface area contributed by atoms with Crippen LogP contribution in [-0.2, 0) is 28.6 Å². The lowest BCUT2D eigenvalue weighted by molar-refractivity contribution is -0.147. The van der Waals surface area contributed by atoms with E-state index in [1.54, 1.807) is 12.1 Å². The third-order valence-electron chi connectivity index (χ3n) is 5.16. The molecule has 1 N–H and O–H groups in total. The van der Waals surface area contributed by atoms with E-state index in [9.17, 15) is 24.0 Å². The molecule has 2 unspecified atom stereocenters. The molecule has 1 aromatic carbocycles. The molecule has 0 bridgehead atoms. The van der Waals surface area contributed by atoms with Gasteiger partial charge in [0.1, 0.15) is 12.1 Å². The summed E-state index contributed by atoms with van der Waals surface area (Å²) in [6.07, 6.45) is -0.131. The van der Waals surface area contributed by atoms with Crippen molar-refractivity contribution in [2.75, 3.05) is 27.1 Å². The molecular weight excluding hydrogens is 452 g/mol. The van der Waals surface area contributed by atoms with E-state index in [2.05, 4.69) is 5.32 Å². The monoisotopic (exact) mass is 480 g/mol. The van der Waals surface area contributed by atoms with Crippen molar-refractivity contribution in [1.82, 2.24) is 10.2 Å². The highest BCUT2D eigenvalue weighted by Gasteiger charge is 2.43. The number of imide groups is 1. The molecule has 3 amide bonds. The molecule has 0 spiro atoms. The molecule has 0 aliphatic carbocycles. The second-order valence-corrected chi connectivity index (χ2v) is 8.50. The Kier molecular flexibility index (Phi) is 10.0. The quantitative estimate of drug-likeness (QED) is 0.268. The number of amides is 3. The van der Waals surface area contributed by atoms with Gasteiger partial charge in [0.25, 0.3) is 11.8 Å². The van der Waals surface area contributed by atoms with Gasteiger partial charge in [-0.25, -0.2) is 4.79 Å². The summed E-state index contributed by atoms with van der Waals surface area (Å²) < 4.78 is 15.0. The van der Waals surface area contributed by atoms with E-state index in [1.807, 2.05) is 0 Å². The zero-order valence-corrected chi connectivity index (χ0v) is 19.8. The Morgan fingerprint density at radius 3 is 2.03 bits per heavy atom. The number of thioether (sulfide) groups is 1. The molecule has 1 aliphatic heterocycles. The predicted molar refractivity (Wildman–Crippen MR) is 119 cm³/mol. The van der Waals surface area contributed by atoms with Crippen LogP contribution in [0, 0.1) is 0 Å². The normalized spacial score (nSPS) is 14.8. The molecule has 2 atom stereocenters. The van der Waals surface area contributed by atoms with Gasteiger partial charge in [-0.3, -0.25) is 24.1 Å². The third kappa shape index (κ3) is 6.62. The number of fused-ring (bicyclic) bond motifs is 1. The maximum Gasteiger partial charge on any atom is 0.328 e. The predicted octanol–water partition coefficient (Wildman–Crippen LogP) is 1.38. The second-order valence-electron chi connectivity index (χ2n) is 7.23. The Morgan fingerprint density at radius 1 is 0.970 bits per heavy atom. The first-order chi connectivity index (χ1) is 15.7. The fourth-order valence-corrected chi connectivity index (χ4v) is 4.11. The van der Waals surface area contributed by atoms with E-state index in [0.29, 0.717) is 0 Å². The summed E-state index contributed by atoms with van der Waals surface area (Å²) in [7, 11) is 4.09. The van der Waals surface area contributed by atoms with Crippen LogP contribution in [0.5, 0.6) is 0 Å². The van der Waals surface area contributed by atoms with Gasteiger partial charge in [-0.05, 0) is 25.0 Å². The Hall–Kier alpha value is -2.76. The topological polar surface area (TPSA) is 128 Å². The number of ether oxygens (including phenoxy) is 3. The van der Waals surface area contributed by atoms with Crippen LogP contribution in [0.1, 0.15) is 46.9 Å². The van der Waals surface area contributed by atoms with Crippen LogP contribution >= 0.6 is 11.8 Å². The van der Waals surface area contributed by atoms with Crippen molar-refractivity contribution >= 4 is 40.6 Å². The number of nitrogens with one attached hydrogen (secondary N) is 1. The summed E-state index contributed by atoms with van der Waals surface area (Å²) in [6, 6.07) is 4.03. The van der Waals surface area contributed by atoms with Gasteiger partial charge in [0, 0.05) is 33.3 Å².